The summed E-state index contributed by atoms with van der Waals surface area (Å²) >= 11 is 0. The Balaban J connectivity index is 0.00000192. The lowest BCUT2D eigenvalue weighted by molar-refractivity contribution is 0.178. The van der Waals surface area contributed by atoms with E-state index in [4.69, 9.17) is 9.47 Å². The van der Waals surface area contributed by atoms with Gasteiger partial charge in [0.05, 0.1) is 6.61 Å². The van der Waals surface area contributed by atoms with Gasteiger partial charge < -0.3 is 14.8 Å². The highest BCUT2D eigenvalue weighted by atomic mass is 35.5. The first-order valence-electron chi connectivity index (χ1n) is 8.59. The van der Waals surface area contributed by atoms with Crippen LogP contribution >= 0.6 is 12.4 Å². The Morgan fingerprint density at radius 1 is 1.09 bits per heavy atom. The second-order valence-electron chi connectivity index (χ2n) is 6.50. The van der Waals surface area contributed by atoms with Crippen LogP contribution in [0.5, 0.6) is 11.5 Å². The molecule has 23 heavy (non-hydrogen) atoms. The van der Waals surface area contributed by atoms with Gasteiger partial charge >= 0.3 is 0 Å². The van der Waals surface area contributed by atoms with Crippen molar-refractivity contribution in [1.82, 2.24) is 10.2 Å². The second kappa shape index (κ2) is 8.76. The lowest BCUT2D eigenvalue weighted by atomic mass is 9.78. The summed E-state index contributed by atoms with van der Waals surface area (Å²) in [6.45, 7) is 9.25. The van der Waals surface area contributed by atoms with Crippen molar-refractivity contribution in [3.8, 4) is 11.5 Å². The van der Waals surface area contributed by atoms with E-state index in [0.29, 0.717) is 12.0 Å². The molecule has 1 N–H and O–H groups in total. The molecule has 5 heteroatoms. The van der Waals surface area contributed by atoms with Gasteiger partial charge in [-0.25, -0.2) is 0 Å². The summed E-state index contributed by atoms with van der Waals surface area (Å²) < 4.78 is 11.6. The van der Waals surface area contributed by atoms with Crippen LogP contribution in [0.4, 0.5) is 0 Å². The monoisotopic (exact) mass is 340 g/mol. The minimum Gasteiger partial charge on any atom is -0.490 e. The molecule has 2 heterocycles. The first kappa shape index (κ1) is 18.4. The van der Waals surface area contributed by atoms with Gasteiger partial charge in [0.25, 0.3) is 0 Å². The predicted molar refractivity (Wildman–Crippen MR) is 95.9 cm³/mol. The second-order valence-corrected chi connectivity index (χ2v) is 6.50. The molecule has 0 aliphatic carbocycles. The van der Waals surface area contributed by atoms with Crippen LogP contribution in [-0.2, 0) is 0 Å². The molecule has 3 rings (SSSR count). The number of hydrogen-bond acceptors (Lipinski definition) is 4. The molecular weight excluding hydrogens is 312 g/mol. The number of nitrogens with zero attached hydrogens (tertiary/aromatic N) is 1. The van der Waals surface area contributed by atoms with E-state index in [2.05, 4.69) is 10.2 Å². The molecule has 0 saturated carbocycles. The van der Waals surface area contributed by atoms with Crippen LogP contribution in [0.2, 0.25) is 0 Å². The quantitative estimate of drug-likeness (QED) is 0.863. The summed E-state index contributed by atoms with van der Waals surface area (Å²) in [5.41, 5.74) is 0.578. The van der Waals surface area contributed by atoms with Crippen molar-refractivity contribution in [2.45, 2.75) is 26.2 Å². The zero-order chi connectivity index (χ0) is 15.3. The molecule has 1 spiro atoms. The highest BCUT2D eigenvalue weighted by Gasteiger charge is 2.38. The van der Waals surface area contributed by atoms with E-state index in [1.807, 2.05) is 31.2 Å². The largest absolute Gasteiger partial charge is 0.490 e. The van der Waals surface area contributed by atoms with E-state index in [1.54, 1.807) is 0 Å². The van der Waals surface area contributed by atoms with Crippen LogP contribution in [0.15, 0.2) is 24.3 Å². The number of piperidine rings is 1. The lowest BCUT2D eigenvalue weighted by Crippen LogP contribution is -2.39. The minimum atomic E-state index is 0. The maximum absolute atomic E-state index is 5.95. The summed E-state index contributed by atoms with van der Waals surface area (Å²) in [5.74, 6) is 1.71. The van der Waals surface area contributed by atoms with Crippen molar-refractivity contribution >= 4 is 12.4 Å². The molecule has 4 nitrogen and oxygen atoms in total. The summed E-state index contributed by atoms with van der Waals surface area (Å²) in [6, 6.07) is 7.94. The van der Waals surface area contributed by atoms with Crippen molar-refractivity contribution in [2.75, 3.05) is 45.9 Å². The zero-order valence-electron chi connectivity index (χ0n) is 14.1. The maximum atomic E-state index is 5.95. The summed E-state index contributed by atoms with van der Waals surface area (Å²) in [6.07, 6.45) is 4.01. The Morgan fingerprint density at radius 3 is 2.48 bits per heavy atom. The number of rotatable bonds is 6. The number of likely N-dealkylation sites (tertiary alicyclic amines) is 1. The smallest absolute Gasteiger partial charge is 0.161 e. The normalized spacial score (nSPS) is 20.2. The number of ether oxygens (including phenoxy) is 2. The zero-order valence-corrected chi connectivity index (χ0v) is 14.9. The molecule has 2 saturated heterocycles. The van der Waals surface area contributed by atoms with Crippen LogP contribution in [-0.4, -0.2) is 50.8 Å². The van der Waals surface area contributed by atoms with E-state index in [1.165, 1.54) is 45.4 Å². The molecule has 0 aromatic heterocycles. The van der Waals surface area contributed by atoms with Crippen LogP contribution in [0, 0.1) is 5.41 Å². The van der Waals surface area contributed by atoms with Crippen molar-refractivity contribution in [2.24, 2.45) is 5.41 Å². The van der Waals surface area contributed by atoms with Crippen molar-refractivity contribution in [1.29, 1.82) is 0 Å². The number of nitrogens with one attached hydrogen (secondary N) is 1. The highest BCUT2D eigenvalue weighted by Crippen LogP contribution is 2.38. The third-order valence-corrected chi connectivity index (χ3v) is 5.00. The van der Waals surface area contributed by atoms with E-state index >= 15 is 0 Å². The SMILES string of the molecule is CCOc1ccccc1OCCN1CCC2(CCNCC2)C1.Cl. The van der Waals surface area contributed by atoms with Crippen molar-refractivity contribution in [3.05, 3.63) is 24.3 Å². The third kappa shape index (κ3) is 4.75. The summed E-state index contributed by atoms with van der Waals surface area (Å²) in [4.78, 5) is 2.56. The molecule has 2 fully saturated rings. The van der Waals surface area contributed by atoms with E-state index in [0.717, 1.165) is 24.7 Å². The Morgan fingerprint density at radius 2 is 1.78 bits per heavy atom. The fourth-order valence-corrected chi connectivity index (χ4v) is 3.71. The molecule has 1 aromatic rings. The number of hydrogen-bond donors (Lipinski definition) is 1. The number of halogens is 1. The fourth-order valence-electron chi connectivity index (χ4n) is 3.71. The molecule has 0 amide bonds. The Hall–Kier alpha value is -0.970. The van der Waals surface area contributed by atoms with Crippen LogP contribution in [0.1, 0.15) is 26.2 Å². The maximum Gasteiger partial charge on any atom is 0.161 e. The fraction of sp³-hybridized carbons (Fsp3) is 0.667. The molecule has 0 radical (unpaired) electrons. The molecule has 2 aliphatic rings. The summed E-state index contributed by atoms with van der Waals surface area (Å²) in [5, 5.41) is 3.48. The average molecular weight is 341 g/mol. The Labute approximate surface area is 145 Å². The topological polar surface area (TPSA) is 33.7 Å². The first-order chi connectivity index (χ1) is 10.8. The minimum absolute atomic E-state index is 0. The van der Waals surface area contributed by atoms with Crippen LogP contribution < -0.4 is 14.8 Å². The molecule has 0 unspecified atom stereocenters. The van der Waals surface area contributed by atoms with Gasteiger partial charge in [0.15, 0.2) is 11.5 Å². The van der Waals surface area contributed by atoms with Crippen LogP contribution in [0.3, 0.4) is 0 Å². The molecule has 0 atom stereocenters. The Bertz CT molecular complexity index is 478. The van der Waals surface area contributed by atoms with Gasteiger partial charge in [0, 0.05) is 13.1 Å². The molecular formula is C18H29ClN2O2. The number of benzene rings is 1. The van der Waals surface area contributed by atoms with Gasteiger partial charge in [-0.05, 0) is 63.4 Å². The first-order valence-corrected chi connectivity index (χ1v) is 8.59. The van der Waals surface area contributed by atoms with Gasteiger partial charge in [0.1, 0.15) is 6.61 Å². The highest BCUT2D eigenvalue weighted by molar-refractivity contribution is 5.85. The lowest BCUT2D eigenvalue weighted by Gasteiger charge is -2.33. The Kier molecular flexibility index (Phi) is 7.00. The van der Waals surface area contributed by atoms with Gasteiger partial charge in [-0.15, -0.1) is 12.4 Å². The van der Waals surface area contributed by atoms with Gasteiger partial charge in [-0.1, -0.05) is 12.1 Å². The standard InChI is InChI=1S/C18H28N2O2.ClH/c1-2-21-16-5-3-4-6-17(16)22-14-13-20-12-9-18(15-20)7-10-19-11-8-18;/h3-6,19H,2,7-15H2,1H3;1H. The number of para-hydroxylation sites is 2. The van der Waals surface area contributed by atoms with Gasteiger partial charge in [-0.2, -0.15) is 0 Å². The molecule has 2 aliphatic heterocycles. The average Bonchev–Trinajstić information content (AvgIpc) is 2.92. The predicted octanol–water partition coefficient (Wildman–Crippen LogP) is 2.96. The molecule has 130 valence electrons. The van der Waals surface area contributed by atoms with Crippen molar-refractivity contribution < 1.29 is 9.47 Å². The molecule has 1 aromatic carbocycles. The summed E-state index contributed by atoms with van der Waals surface area (Å²) in [7, 11) is 0. The molecule has 0 bridgehead atoms. The van der Waals surface area contributed by atoms with Gasteiger partial charge in [-0.3, -0.25) is 4.90 Å². The third-order valence-electron chi connectivity index (χ3n) is 5.00. The van der Waals surface area contributed by atoms with Crippen LogP contribution in [0.25, 0.3) is 0 Å². The van der Waals surface area contributed by atoms with E-state index < -0.39 is 0 Å². The van der Waals surface area contributed by atoms with E-state index in [-0.39, 0.29) is 12.4 Å². The van der Waals surface area contributed by atoms with Gasteiger partial charge in [0.2, 0.25) is 0 Å². The van der Waals surface area contributed by atoms with E-state index in [9.17, 15) is 0 Å². The van der Waals surface area contributed by atoms with Crippen molar-refractivity contribution in [3.63, 3.8) is 0 Å².